The van der Waals surface area contributed by atoms with E-state index < -0.39 is 36.3 Å². The van der Waals surface area contributed by atoms with Crippen molar-refractivity contribution in [3.8, 4) is 0 Å². The van der Waals surface area contributed by atoms with Gasteiger partial charge in [-0.05, 0) is 18.8 Å². The first-order valence-electron chi connectivity index (χ1n) is 4.57. The summed E-state index contributed by atoms with van der Waals surface area (Å²) in [6.45, 7) is -0.434. The highest BCUT2D eigenvalue weighted by atomic mass is 16.4. The van der Waals surface area contributed by atoms with Crippen LogP contribution in [0.2, 0.25) is 5.31 Å². The molecule has 0 heterocycles. The number of nitrogens with one attached hydrogen (secondary N) is 1. The molecule has 0 bridgehead atoms. The van der Waals surface area contributed by atoms with Crippen LogP contribution in [0.4, 0.5) is 0 Å². The molecule has 0 saturated heterocycles. The van der Waals surface area contributed by atoms with Crippen LogP contribution < -0.4 is 5.32 Å². The van der Waals surface area contributed by atoms with Crippen LogP contribution in [0.15, 0.2) is 0 Å². The van der Waals surface area contributed by atoms with Crippen molar-refractivity contribution in [3.05, 3.63) is 0 Å². The zero-order chi connectivity index (χ0) is 10.9. The Labute approximate surface area is 84.2 Å². The molecule has 0 spiro atoms. The second-order valence-electron chi connectivity index (χ2n) is 3.92. The fourth-order valence-electron chi connectivity index (χ4n) is 1.85. The van der Waals surface area contributed by atoms with E-state index in [4.69, 9.17) is 13.0 Å². The molecule has 2 radical (unpaired) electrons. The zero-order valence-corrected chi connectivity index (χ0v) is 8.09. The summed E-state index contributed by atoms with van der Waals surface area (Å²) in [6, 6.07) is -0.425. The van der Waals surface area contributed by atoms with E-state index in [1.54, 1.807) is 7.05 Å². The SMILES string of the molecule is [B]C1(CO)CC(NC)C(O)C(O)C1O. The van der Waals surface area contributed by atoms with Gasteiger partial charge in [-0.1, -0.05) is 0 Å². The maximum atomic E-state index is 9.56. The van der Waals surface area contributed by atoms with Crippen molar-refractivity contribution >= 4 is 7.85 Å². The van der Waals surface area contributed by atoms with E-state index in [0.29, 0.717) is 0 Å². The third kappa shape index (κ3) is 1.80. The van der Waals surface area contributed by atoms with Gasteiger partial charge in [0.2, 0.25) is 0 Å². The third-order valence-electron chi connectivity index (χ3n) is 2.94. The summed E-state index contributed by atoms with van der Waals surface area (Å²) in [5.41, 5.74) is 0. The monoisotopic (exact) mass is 201 g/mol. The molecule has 5 atom stereocenters. The predicted molar refractivity (Wildman–Crippen MR) is 51.0 cm³/mol. The van der Waals surface area contributed by atoms with Gasteiger partial charge in [-0.2, -0.15) is 0 Å². The van der Waals surface area contributed by atoms with Crippen molar-refractivity contribution in [2.24, 2.45) is 0 Å². The highest BCUT2D eigenvalue weighted by molar-refractivity contribution is 6.16. The maximum absolute atomic E-state index is 9.56. The first-order chi connectivity index (χ1) is 6.46. The van der Waals surface area contributed by atoms with Gasteiger partial charge in [0.15, 0.2) is 0 Å². The summed E-state index contributed by atoms with van der Waals surface area (Å²) in [7, 11) is 7.33. The number of aliphatic hydroxyl groups excluding tert-OH is 4. The van der Waals surface area contributed by atoms with Gasteiger partial charge in [0.05, 0.1) is 20.1 Å². The molecule has 0 aliphatic heterocycles. The van der Waals surface area contributed by atoms with Crippen LogP contribution in [-0.2, 0) is 0 Å². The fraction of sp³-hybridized carbons (Fsp3) is 1.00. The summed E-state index contributed by atoms with van der Waals surface area (Å²) >= 11 is 0. The van der Waals surface area contributed by atoms with E-state index in [0.717, 1.165) is 0 Å². The van der Waals surface area contributed by atoms with Crippen molar-refractivity contribution in [2.45, 2.75) is 36.1 Å². The molecule has 14 heavy (non-hydrogen) atoms. The second kappa shape index (κ2) is 4.16. The minimum atomic E-state index is -1.33. The third-order valence-corrected chi connectivity index (χ3v) is 2.94. The first-order valence-corrected chi connectivity index (χ1v) is 4.57. The smallest absolute Gasteiger partial charge is 0.107 e. The number of hydrogen-bond donors (Lipinski definition) is 5. The van der Waals surface area contributed by atoms with Gasteiger partial charge in [-0.3, -0.25) is 0 Å². The Bertz CT molecular complexity index is 204. The highest BCUT2D eigenvalue weighted by Gasteiger charge is 2.48. The topological polar surface area (TPSA) is 93.0 Å². The number of hydrogen-bond acceptors (Lipinski definition) is 5. The van der Waals surface area contributed by atoms with E-state index in [1.807, 2.05) is 0 Å². The molecule has 80 valence electrons. The Morgan fingerprint density at radius 3 is 2.36 bits per heavy atom. The first kappa shape index (κ1) is 11.9. The molecule has 1 saturated carbocycles. The Morgan fingerprint density at radius 2 is 1.93 bits per heavy atom. The average molecular weight is 201 g/mol. The molecular formula is C8H16BNO4. The molecule has 1 aliphatic carbocycles. The van der Waals surface area contributed by atoms with E-state index in [2.05, 4.69) is 5.32 Å². The average Bonchev–Trinajstić information content (AvgIpc) is 2.20. The van der Waals surface area contributed by atoms with Crippen LogP contribution in [0.3, 0.4) is 0 Å². The Hall–Kier alpha value is -0.135. The van der Waals surface area contributed by atoms with Gasteiger partial charge in [0, 0.05) is 12.6 Å². The van der Waals surface area contributed by atoms with Crippen molar-refractivity contribution in [2.75, 3.05) is 13.7 Å². The van der Waals surface area contributed by atoms with Crippen molar-refractivity contribution in [3.63, 3.8) is 0 Å². The van der Waals surface area contributed by atoms with Crippen LogP contribution in [0, 0.1) is 0 Å². The van der Waals surface area contributed by atoms with Gasteiger partial charge in [-0.15, -0.1) is 0 Å². The molecule has 1 rings (SSSR count). The Balaban J connectivity index is 2.84. The van der Waals surface area contributed by atoms with Crippen molar-refractivity contribution < 1.29 is 20.4 Å². The molecule has 5 nitrogen and oxygen atoms in total. The molecular weight excluding hydrogens is 185 g/mol. The van der Waals surface area contributed by atoms with E-state index in [1.165, 1.54) is 0 Å². The lowest BCUT2D eigenvalue weighted by molar-refractivity contribution is -0.123. The number of rotatable bonds is 2. The molecule has 5 N–H and O–H groups in total. The molecule has 0 amide bonds. The van der Waals surface area contributed by atoms with E-state index in [9.17, 15) is 15.3 Å². The summed E-state index contributed by atoms with van der Waals surface area (Å²) in [6.07, 6.45) is -3.51. The molecule has 1 aliphatic rings. The Morgan fingerprint density at radius 1 is 1.36 bits per heavy atom. The maximum Gasteiger partial charge on any atom is 0.107 e. The molecule has 5 unspecified atom stereocenters. The standard InChI is InChI=1S/C8H16BNO4/c1-10-4-2-8(9,3-11)7(14)6(13)5(4)12/h4-7,10-14H,2-3H2,1H3. The normalized spacial score (nSPS) is 49.2. The number of aliphatic hydroxyl groups is 4. The van der Waals surface area contributed by atoms with Crippen molar-refractivity contribution in [1.82, 2.24) is 5.32 Å². The minimum Gasteiger partial charge on any atom is -0.396 e. The fourth-order valence-corrected chi connectivity index (χ4v) is 1.85. The molecule has 6 heteroatoms. The van der Waals surface area contributed by atoms with Gasteiger partial charge < -0.3 is 25.7 Å². The van der Waals surface area contributed by atoms with Crippen LogP contribution in [0.5, 0.6) is 0 Å². The van der Waals surface area contributed by atoms with Crippen LogP contribution in [-0.4, -0.2) is 66.3 Å². The summed E-state index contributed by atoms with van der Waals surface area (Å²) in [4.78, 5) is 0. The highest BCUT2D eigenvalue weighted by Crippen LogP contribution is 2.39. The van der Waals surface area contributed by atoms with Gasteiger partial charge in [0.25, 0.3) is 0 Å². The minimum absolute atomic E-state index is 0.208. The summed E-state index contributed by atoms with van der Waals surface area (Å²) in [5, 5.41) is 39.1. The van der Waals surface area contributed by atoms with Gasteiger partial charge >= 0.3 is 0 Å². The summed E-state index contributed by atoms with van der Waals surface area (Å²) in [5.74, 6) is 0. The largest absolute Gasteiger partial charge is 0.396 e. The molecule has 0 aromatic heterocycles. The van der Waals surface area contributed by atoms with Gasteiger partial charge in [-0.25, -0.2) is 0 Å². The van der Waals surface area contributed by atoms with Crippen LogP contribution in [0.1, 0.15) is 6.42 Å². The van der Waals surface area contributed by atoms with Gasteiger partial charge in [0.1, 0.15) is 6.10 Å². The van der Waals surface area contributed by atoms with Crippen LogP contribution in [0.25, 0.3) is 0 Å². The predicted octanol–water partition coefficient (Wildman–Crippen LogP) is -2.62. The molecule has 1 fully saturated rings. The molecule has 0 aromatic carbocycles. The number of likely N-dealkylation sites (N-methyl/N-ethyl adjacent to an activating group) is 1. The summed E-state index contributed by atoms with van der Waals surface area (Å²) < 4.78 is 0. The van der Waals surface area contributed by atoms with Crippen molar-refractivity contribution in [1.29, 1.82) is 0 Å². The quantitative estimate of drug-likeness (QED) is 0.315. The second-order valence-corrected chi connectivity index (χ2v) is 3.92. The van der Waals surface area contributed by atoms with E-state index >= 15 is 0 Å². The lowest BCUT2D eigenvalue weighted by Gasteiger charge is -2.46. The van der Waals surface area contributed by atoms with E-state index in [-0.39, 0.29) is 6.42 Å². The lowest BCUT2D eigenvalue weighted by Crippen LogP contribution is -2.60. The lowest BCUT2D eigenvalue weighted by atomic mass is 9.56. The molecule has 0 aromatic rings. The zero-order valence-electron chi connectivity index (χ0n) is 8.09. The Kier molecular flexibility index (Phi) is 3.55. The van der Waals surface area contributed by atoms with Crippen LogP contribution >= 0.6 is 0 Å².